The van der Waals surface area contributed by atoms with Gasteiger partial charge in [-0.1, -0.05) is 64.9 Å². The van der Waals surface area contributed by atoms with Crippen LogP contribution in [0.4, 0.5) is 0 Å². The quantitative estimate of drug-likeness (QED) is 0.166. The normalized spacial score (nSPS) is 19.7. The van der Waals surface area contributed by atoms with Crippen LogP contribution >= 0.6 is 0 Å². The van der Waals surface area contributed by atoms with E-state index in [0.29, 0.717) is 5.75 Å². The third-order valence-electron chi connectivity index (χ3n) is 7.53. The van der Waals surface area contributed by atoms with E-state index in [1.165, 1.54) is 50.5 Å². The minimum Gasteiger partial charge on any atom is -0.426 e. The van der Waals surface area contributed by atoms with Gasteiger partial charge in [-0.15, -0.1) is 0 Å². The van der Waals surface area contributed by atoms with Gasteiger partial charge in [0.05, 0.1) is 23.1 Å². The lowest BCUT2D eigenvalue weighted by atomic mass is 9.69. The van der Waals surface area contributed by atoms with Gasteiger partial charge in [0, 0.05) is 11.8 Å². The largest absolute Gasteiger partial charge is 0.426 e. The molecule has 0 unspecified atom stereocenters. The Kier molecular flexibility index (Phi) is 10.8. The molecule has 4 nitrogen and oxygen atoms in total. The van der Waals surface area contributed by atoms with Crippen molar-refractivity contribution in [1.82, 2.24) is 4.98 Å². The van der Waals surface area contributed by atoms with Crippen molar-refractivity contribution in [3.8, 4) is 23.1 Å². The molecule has 2 aromatic rings. The average molecular weight is 475 g/mol. The molecule has 1 aliphatic rings. The molecule has 0 aliphatic heterocycles. The SMILES string of the molecule is CCCCCCCCC1(C#N)CCC(C(=O)Oc2ccc(-c3ccc(CCCC)cn3)cc2)CC1. The Balaban J connectivity index is 1.46. The van der Waals surface area contributed by atoms with Crippen LogP contribution in [0.3, 0.4) is 0 Å². The molecule has 0 atom stereocenters. The Labute approximate surface area is 212 Å². The molecule has 1 aliphatic carbocycles. The van der Waals surface area contributed by atoms with Crippen molar-refractivity contribution >= 4 is 5.97 Å². The number of aromatic nitrogens is 1. The van der Waals surface area contributed by atoms with E-state index in [0.717, 1.165) is 56.2 Å². The molecule has 0 saturated heterocycles. The Morgan fingerprint density at radius 1 is 0.971 bits per heavy atom. The molecule has 0 radical (unpaired) electrons. The molecule has 35 heavy (non-hydrogen) atoms. The van der Waals surface area contributed by atoms with Gasteiger partial charge in [0.2, 0.25) is 0 Å². The molecule has 3 rings (SSSR count). The maximum atomic E-state index is 12.8. The summed E-state index contributed by atoms with van der Waals surface area (Å²) in [5.41, 5.74) is 2.95. The summed E-state index contributed by atoms with van der Waals surface area (Å²) in [7, 11) is 0. The van der Waals surface area contributed by atoms with Crippen molar-refractivity contribution in [2.45, 2.75) is 104 Å². The summed E-state index contributed by atoms with van der Waals surface area (Å²) < 4.78 is 5.70. The van der Waals surface area contributed by atoms with Crippen molar-refractivity contribution in [1.29, 1.82) is 5.26 Å². The van der Waals surface area contributed by atoms with Crippen LogP contribution in [-0.4, -0.2) is 11.0 Å². The van der Waals surface area contributed by atoms with E-state index in [2.05, 4.69) is 37.0 Å². The molecule has 188 valence electrons. The zero-order valence-corrected chi connectivity index (χ0v) is 21.7. The van der Waals surface area contributed by atoms with E-state index in [4.69, 9.17) is 4.74 Å². The van der Waals surface area contributed by atoms with Crippen molar-refractivity contribution in [2.24, 2.45) is 11.3 Å². The minimum absolute atomic E-state index is 0.113. The number of hydrogen-bond acceptors (Lipinski definition) is 4. The van der Waals surface area contributed by atoms with Crippen molar-refractivity contribution < 1.29 is 9.53 Å². The highest BCUT2D eigenvalue weighted by Gasteiger charge is 2.37. The molecule has 1 saturated carbocycles. The van der Waals surface area contributed by atoms with Gasteiger partial charge in [-0.05, 0) is 80.8 Å². The van der Waals surface area contributed by atoms with Crippen LogP contribution in [0.2, 0.25) is 0 Å². The maximum Gasteiger partial charge on any atom is 0.314 e. The smallest absolute Gasteiger partial charge is 0.314 e. The first-order chi connectivity index (χ1) is 17.1. The molecular weight excluding hydrogens is 432 g/mol. The van der Waals surface area contributed by atoms with Crippen molar-refractivity contribution in [2.75, 3.05) is 0 Å². The number of rotatable bonds is 13. The van der Waals surface area contributed by atoms with Gasteiger partial charge in [0.25, 0.3) is 0 Å². The second-order valence-corrected chi connectivity index (χ2v) is 10.3. The van der Waals surface area contributed by atoms with Crippen molar-refractivity contribution in [3.05, 3.63) is 48.2 Å². The second-order valence-electron chi connectivity index (χ2n) is 10.3. The number of pyridine rings is 1. The van der Waals surface area contributed by atoms with E-state index in [-0.39, 0.29) is 17.3 Å². The van der Waals surface area contributed by atoms with E-state index >= 15 is 0 Å². The van der Waals surface area contributed by atoms with Crippen molar-refractivity contribution in [3.63, 3.8) is 0 Å². The standard InChI is InChI=1S/C31H42N2O2/c1-3-5-7-8-9-10-20-31(24-32)21-18-27(19-22-31)30(34)35-28-15-13-26(14-16-28)29-17-12-25(23-33-29)11-6-4-2/h12-17,23,27H,3-11,18-22H2,1-2H3. The predicted octanol–water partition coefficient (Wildman–Crippen LogP) is 8.45. The fraction of sp³-hybridized carbons (Fsp3) is 0.581. The van der Waals surface area contributed by atoms with Crippen LogP contribution in [0.25, 0.3) is 11.3 Å². The molecule has 1 aromatic heterocycles. The lowest BCUT2D eigenvalue weighted by Gasteiger charge is -2.34. The highest BCUT2D eigenvalue weighted by Crippen LogP contribution is 2.43. The Bertz CT molecular complexity index is 935. The highest BCUT2D eigenvalue weighted by molar-refractivity contribution is 5.75. The number of ether oxygens (including phenoxy) is 1. The number of nitrogens with zero attached hydrogens (tertiary/aromatic N) is 2. The predicted molar refractivity (Wildman–Crippen MR) is 142 cm³/mol. The zero-order valence-electron chi connectivity index (χ0n) is 21.7. The Morgan fingerprint density at radius 3 is 2.29 bits per heavy atom. The minimum atomic E-state index is -0.248. The third kappa shape index (κ3) is 8.20. The number of unbranched alkanes of at least 4 members (excludes halogenated alkanes) is 6. The zero-order chi connectivity index (χ0) is 24.9. The van der Waals surface area contributed by atoms with E-state index < -0.39 is 0 Å². The van der Waals surface area contributed by atoms with E-state index in [1.54, 1.807) is 0 Å². The van der Waals surface area contributed by atoms with E-state index in [1.807, 2.05) is 30.5 Å². The molecule has 1 heterocycles. The Morgan fingerprint density at radius 2 is 1.66 bits per heavy atom. The average Bonchev–Trinajstić information content (AvgIpc) is 2.90. The number of carbonyl (C=O) groups excluding carboxylic acids is 1. The van der Waals surface area contributed by atoms with Gasteiger partial charge in [-0.3, -0.25) is 9.78 Å². The monoisotopic (exact) mass is 474 g/mol. The van der Waals surface area contributed by atoms with Crippen LogP contribution in [0, 0.1) is 22.7 Å². The van der Waals surface area contributed by atoms with Gasteiger partial charge in [-0.25, -0.2) is 0 Å². The van der Waals surface area contributed by atoms with Gasteiger partial charge in [0.15, 0.2) is 0 Å². The van der Waals surface area contributed by atoms with Gasteiger partial charge in [-0.2, -0.15) is 5.26 Å². The summed E-state index contributed by atoms with van der Waals surface area (Å²) in [6, 6.07) is 14.4. The first kappa shape index (κ1) is 26.9. The summed E-state index contributed by atoms with van der Waals surface area (Å²) in [6.07, 6.45) is 16.9. The summed E-state index contributed by atoms with van der Waals surface area (Å²) in [4.78, 5) is 17.4. The highest BCUT2D eigenvalue weighted by atomic mass is 16.5. The molecule has 0 bridgehead atoms. The van der Waals surface area contributed by atoms with Crippen LogP contribution in [-0.2, 0) is 11.2 Å². The van der Waals surface area contributed by atoms with Gasteiger partial charge in [0.1, 0.15) is 5.75 Å². The Hall–Kier alpha value is -2.67. The number of aryl methyl sites for hydroxylation is 1. The van der Waals surface area contributed by atoms with E-state index in [9.17, 15) is 10.1 Å². The number of benzene rings is 1. The number of nitriles is 1. The molecule has 0 N–H and O–H groups in total. The topological polar surface area (TPSA) is 63.0 Å². The molecule has 1 fully saturated rings. The summed E-state index contributed by atoms with van der Waals surface area (Å²) in [6.45, 7) is 4.43. The fourth-order valence-electron chi connectivity index (χ4n) is 5.08. The summed E-state index contributed by atoms with van der Waals surface area (Å²) >= 11 is 0. The first-order valence-electron chi connectivity index (χ1n) is 13.8. The lowest BCUT2D eigenvalue weighted by Crippen LogP contribution is -2.31. The lowest BCUT2D eigenvalue weighted by molar-refractivity contribution is -0.140. The molecule has 0 amide bonds. The van der Waals surface area contributed by atoms with Crippen LogP contribution in [0.15, 0.2) is 42.6 Å². The first-order valence-corrected chi connectivity index (χ1v) is 13.8. The third-order valence-corrected chi connectivity index (χ3v) is 7.53. The van der Waals surface area contributed by atoms with Crippen LogP contribution in [0.5, 0.6) is 5.75 Å². The van der Waals surface area contributed by atoms with Gasteiger partial charge < -0.3 is 4.74 Å². The van der Waals surface area contributed by atoms with Crippen LogP contribution in [0.1, 0.15) is 103 Å². The molecular formula is C31H42N2O2. The molecule has 0 spiro atoms. The second kappa shape index (κ2) is 14.0. The van der Waals surface area contributed by atoms with Crippen LogP contribution < -0.4 is 4.74 Å². The summed E-state index contributed by atoms with van der Waals surface area (Å²) in [5, 5.41) is 9.84. The summed E-state index contributed by atoms with van der Waals surface area (Å²) in [5.74, 6) is 0.294. The molecule has 1 aromatic carbocycles. The number of carbonyl (C=O) groups is 1. The fourth-order valence-corrected chi connectivity index (χ4v) is 5.08. The maximum absolute atomic E-state index is 12.8. The van der Waals surface area contributed by atoms with Gasteiger partial charge >= 0.3 is 5.97 Å². The molecule has 4 heteroatoms. The number of esters is 1. The number of hydrogen-bond donors (Lipinski definition) is 0.